The molecular weight excluding hydrogens is 328 g/mol. The van der Waals surface area contributed by atoms with Gasteiger partial charge in [-0.25, -0.2) is 0 Å². The van der Waals surface area contributed by atoms with Crippen molar-refractivity contribution in [2.75, 3.05) is 20.1 Å². The average molecular weight is 352 g/mol. The fourth-order valence-corrected chi connectivity index (χ4v) is 4.43. The summed E-state index contributed by atoms with van der Waals surface area (Å²) in [4.78, 5) is 33.6. The molecule has 0 bridgehead atoms. The van der Waals surface area contributed by atoms with Gasteiger partial charge in [0.15, 0.2) is 0 Å². The Hall–Kier alpha value is -2.63. The van der Waals surface area contributed by atoms with Crippen molar-refractivity contribution in [2.45, 2.75) is 30.7 Å². The van der Waals surface area contributed by atoms with Crippen molar-refractivity contribution in [1.82, 2.24) is 19.4 Å². The molecule has 2 aromatic rings. The van der Waals surface area contributed by atoms with E-state index in [1.54, 1.807) is 12.4 Å². The lowest BCUT2D eigenvalue weighted by molar-refractivity contribution is -0.131. The predicted molar refractivity (Wildman–Crippen MR) is 97.6 cm³/mol. The van der Waals surface area contributed by atoms with Gasteiger partial charge in [0.1, 0.15) is 5.69 Å². The molecule has 2 aromatic heterocycles. The lowest BCUT2D eigenvalue weighted by Gasteiger charge is -2.43. The third-order valence-electron chi connectivity index (χ3n) is 6.16. The van der Waals surface area contributed by atoms with Crippen LogP contribution in [0.25, 0.3) is 0 Å². The van der Waals surface area contributed by atoms with Crippen LogP contribution in [-0.2, 0) is 11.8 Å². The van der Waals surface area contributed by atoms with Crippen LogP contribution in [0.2, 0.25) is 0 Å². The monoisotopic (exact) mass is 352 g/mol. The molecule has 2 fully saturated rings. The standard InChI is InChI=1S/C20H24N4O2/c1-22-10-4-6-17(22)19(26)24-11-7-20(8-12-24)13-16(18(25)23(20)2)15-5-3-9-21-14-15/h3-6,9-10,14,16H,7-8,11-13H2,1-2H3/t16-/m0/s1. The molecule has 1 atom stereocenters. The molecule has 0 radical (unpaired) electrons. The molecule has 2 aliphatic heterocycles. The minimum atomic E-state index is -0.150. The second-order valence-corrected chi connectivity index (χ2v) is 7.46. The second kappa shape index (κ2) is 6.27. The van der Waals surface area contributed by atoms with E-state index in [2.05, 4.69) is 4.98 Å². The Morgan fingerprint density at radius 3 is 2.58 bits per heavy atom. The molecule has 0 aliphatic carbocycles. The zero-order valence-corrected chi connectivity index (χ0v) is 15.3. The van der Waals surface area contributed by atoms with Gasteiger partial charge in [0.05, 0.1) is 5.92 Å². The first-order valence-electron chi connectivity index (χ1n) is 9.10. The predicted octanol–water partition coefficient (Wildman–Crippen LogP) is 2.04. The van der Waals surface area contributed by atoms with E-state index in [0.717, 1.165) is 24.8 Å². The van der Waals surface area contributed by atoms with Crippen molar-refractivity contribution >= 4 is 11.8 Å². The van der Waals surface area contributed by atoms with E-state index in [4.69, 9.17) is 0 Å². The molecule has 0 saturated carbocycles. The Balaban J connectivity index is 1.49. The molecule has 1 spiro atoms. The maximum atomic E-state index is 12.8. The zero-order valence-electron chi connectivity index (χ0n) is 15.3. The summed E-state index contributed by atoms with van der Waals surface area (Å²) in [5.41, 5.74) is 1.55. The first kappa shape index (κ1) is 16.8. The summed E-state index contributed by atoms with van der Waals surface area (Å²) in [6.45, 7) is 1.36. The molecular formula is C20H24N4O2. The van der Waals surface area contributed by atoms with Crippen molar-refractivity contribution < 1.29 is 9.59 Å². The summed E-state index contributed by atoms with van der Waals surface area (Å²) >= 11 is 0. The van der Waals surface area contributed by atoms with Crippen LogP contribution < -0.4 is 0 Å². The molecule has 26 heavy (non-hydrogen) atoms. The summed E-state index contributed by atoms with van der Waals surface area (Å²) in [6.07, 6.45) is 7.87. The fourth-order valence-electron chi connectivity index (χ4n) is 4.43. The maximum absolute atomic E-state index is 12.8. The summed E-state index contributed by atoms with van der Waals surface area (Å²) in [5, 5.41) is 0. The summed E-state index contributed by atoms with van der Waals surface area (Å²) < 4.78 is 1.86. The minimum absolute atomic E-state index is 0.0723. The van der Waals surface area contributed by atoms with Gasteiger partial charge < -0.3 is 14.4 Å². The second-order valence-electron chi connectivity index (χ2n) is 7.46. The normalized spacial score (nSPS) is 22.2. The van der Waals surface area contributed by atoms with Gasteiger partial charge in [-0.2, -0.15) is 0 Å². The number of nitrogens with zero attached hydrogens (tertiary/aromatic N) is 4. The number of hydrogen-bond donors (Lipinski definition) is 0. The molecule has 0 aromatic carbocycles. The van der Waals surface area contributed by atoms with Crippen molar-refractivity contribution in [3.8, 4) is 0 Å². The molecule has 2 aliphatic rings. The summed E-state index contributed by atoms with van der Waals surface area (Å²) in [7, 11) is 3.80. The van der Waals surface area contributed by atoms with Crippen LogP contribution in [0.4, 0.5) is 0 Å². The van der Waals surface area contributed by atoms with Crippen LogP contribution in [0, 0.1) is 0 Å². The molecule has 2 saturated heterocycles. The summed E-state index contributed by atoms with van der Waals surface area (Å²) in [5.74, 6) is 0.118. The Bertz CT molecular complexity index is 821. The highest BCUT2D eigenvalue weighted by Gasteiger charge is 2.50. The van der Waals surface area contributed by atoms with Gasteiger partial charge in [-0.05, 0) is 43.0 Å². The van der Waals surface area contributed by atoms with Gasteiger partial charge in [0.2, 0.25) is 5.91 Å². The number of aryl methyl sites for hydroxylation is 1. The van der Waals surface area contributed by atoms with Crippen LogP contribution in [-0.4, -0.2) is 56.8 Å². The van der Waals surface area contributed by atoms with E-state index < -0.39 is 0 Å². The van der Waals surface area contributed by atoms with Gasteiger partial charge in [0.25, 0.3) is 5.91 Å². The van der Waals surface area contributed by atoms with Gasteiger partial charge >= 0.3 is 0 Å². The van der Waals surface area contributed by atoms with Crippen LogP contribution in [0.5, 0.6) is 0 Å². The molecule has 0 N–H and O–H groups in total. The van der Waals surface area contributed by atoms with Gasteiger partial charge in [-0.3, -0.25) is 14.6 Å². The first-order valence-corrected chi connectivity index (χ1v) is 9.10. The number of pyridine rings is 1. The SMILES string of the molecule is CN1C(=O)[C@H](c2cccnc2)CC12CCN(C(=O)c1cccn1C)CC2. The Morgan fingerprint density at radius 1 is 1.19 bits per heavy atom. The summed E-state index contributed by atoms with van der Waals surface area (Å²) in [6, 6.07) is 7.61. The molecule has 6 heteroatoms. The number of amides is 2. The van der Waals surface area contributed by atoms with E-state index in [-0.39, 0.29) is 23.3 Å². The van der Waals surface area contributed by atoms with Crippen LogP contribution >= 0.6 is 0 Å². The molecule has 4 rings (SSSR count). The van der Waals surface area contributed by atoms with Crippen LogP contribution in [0.15, 0.2) is 42.9 Å². The number of likely N-dealkylation sites (N-methyl/N-ethyl adjacent to an activating group) is 1. The Morgan fingerprint density at radius 2 is 1.96 bits per heavy atom. The Labute approximate surface area is 153 Å². The van der Waals surface area contributed by atoms with Crippen LogP contribution in [0.1, 0.15) is 41.2 Å². The number of rotatable bonds is 2. The number of likely N-dealkylation sites (tertiary alicyclic amines) is 2. The highest BCUT2D eigenvalue weighted by atomic mass is 16.2. The molecule has 6 nitrogen and oxygen atoms in total. The highest BCUT2D eigenvalue weighted by Crippen LogP contribution is 2.44. The smallest absolute Gasteiger partial charge is 0.270 e. The quantitative estimate of drug-likeness (QED) is 0.831. The fraction of sp³-hybridized carbons (Fsp3) is 0.450. The van der Waals surface area contributed by atoms with Crippen LogP contribution in [0.3, 0.4) is 0 Å². The highest BCUT2D eigenvalue weighted by molar-refractivity contribution is 5.93. The molecule has 0 unspecified atom stereocenters. The molecule has 2 amide bonds. The zero-order chi connectivity index (χ0) is 18.3. The Kier molecular flexibility index (Phi) is 4.05. The van der Waals surface area contributed by atoms with Crippen molar-refractivity contribution in [2.24, 2.45) is 7.05 Å². The number of piperidine rings is 1. The lowest BCUT2D eigenvalue weighted by atomic mass is 9.81. The topological polar surface area (TPSA) is 58.4 Å². The average Bonchev–Trinajstić information content (AvgIpc) is 3.20. The van der Waals surface area contributed by atoms with Crippen molar-refractivity contribution in [3.05, 3.63) is 54.1 Å². The molecule has 136 valence electrons. The number of hydrogen-bond acceptors (Lipinski definition) is 3. The largest absolute Gasteiger partial charge is 0.347 e. The number of carbonyl (C=O) groups excluding carboxylic acids is 2. The number of aromatic nitrogens is 2. The number of carbonyl (C=O) groups is 2. The minimum Gasteiger partial charge on any atom is -0.347 e. The van der Waals surface area contributed by atoms with Crippen molar-refractivity contribution in [3.63, 3.8) is 0 Å². The lowest BCUT2D eigenvalue weighted by Crippen LogP contribution is -2.52. The first-order chi connectivity index (χ1) is 12.5. The maximum Gasteiger partial charge on any atom is 0.270 e. The third kappa shape index (κ3) is 2.60. The van der Waals surface area contributed by atoms with E-state index in [9.17, 15) is 9.59 Å². The van der Waals surface area contributed by atoms with Gasteiger partial charge in [-0.15, -0.1) is 0 Å². The van der Waals surface area contributed by atoms with E-state index >= 15 is 0 Å². The van der Waals surface area contributed by atoms with E-state index in [0.29, 0.717) is 18.8 Å². The van der Waals surface area contributed by atoms with Gasteiger partial charge in [-0.1, -0.05) is 6.07 Å². The molecule has 4 heterocycles. The third-order valence-corrected chi connectivity index (χ3v) is 6.16. The van der Waals surface area contributed by atoms with E-state index in [1.807, 2.05) is 58.9 Å². The van der Waals surface area contributed by atoms with E-state index in [1.165, 1.54) is 0 Å². The van der Waals surface area contributed by atoms with Gasteiger partial charge in [0, 0.05) is 51.3 Å². The van der Waals surface area contributed by atoms with Crippen molar-refractivity contribution in [1.29, 1.82) is 0 Å².